The van der Waals surface area contributed by atoms with Crippen LogP contribution in [0.15, 0.2) is 23.8 Å². The van der Waals surface area contributed by atoms with E-state index in [4.69, 9.17) is 41.8 Å². The van der Waals surface area contributed by atoms with Gasteiger partial charge in [0.1, 0.15) is 60.8 Å². The molecule has 0 amide bonds. The zero-order chi connectivity index (χ0) is 31.5. The number of hydrogen-bond donors (Lipinski definition) is 6. The molecule has 0 bridgehead atoms. The van der Waals surface area contributed by atoms with E-state index in [0.717, 1.165) is 17.2 Å². The van der Waals surface area contributed by atoms with Crippen LogP contribution in [0, 0.1) is 0 Å². The summed E-state index contributed by atoms with van der Waals surface area (Å²) in [5.41, 5.74) is 9.20. The third kappa shape index (κ3) is 5.48. The van der Waals surface area contributed by atoms with Gasteiger partial charge in [0, 0.05) is 0 Å². The number of aliphatic hydroxyl groups is 1. The number of nitrogen functional groups attached to an aromatic ring is 2. The van der Waals surface area contributed by atoms with E-state index in [-0.39, 0.29) is 34.1 Å². The Morgan fingerprint density at radius 3 is 2.48 bits per heavy atom. The molecule has 0 spiro atoms. The number of aromatic nitrogens is 8. The molecule has 2 saturated heterocycles. The van der Waals surface area contributed by atoms with Crippen molar-refractivity contribution in [3.63, 3.8) is 0 Å². The first-order chi connectivity index (χ1) is 20.9. The molecule has 6 rings (SSSR count). The van der Waals surface area contributed by atoms with Crippen LogP contribution in [0.2, 0.25) is 0 Å². The summed E-state index contributed by atoms with van der Waals surface area (Å²) in [5.74, 6) is -0.222. The van der Waals surface area contributed by atoms with Crippen molar-refractivity contribution in [2.75, 3.05) is 24.7 Å². The molecule has 2 fully saturated rings. The van der Waals surface area contributed by atoms with E-state index in [1.54, 1.807) is 0 Å². The molecule has 0 aromatic carbocycles. The number of fused-ring (bicyclic) bond motifs is 2. The van der Waals surface area contributed by atoms with Gasteiger partial charge >= 0.3 is 7.23 Å². The van der Waals surface area contributed by atoms with Crippen LogP contribution in [-0.4, -0.2) is 98.6 Å². The van der Waals surface area contributed by atoms with Gasteiger partial charge in [0.25, 0.3) is 5.56 Å². The molecular weight excluding hydrogens is 672 g/mol. The standard InChI is InChI=1S/C20H22F2N10O8P2S2/c21-8-6(1-37-41(35)43)39-19(32-5-28-11-16(32)29-20(24)30-17(11)34)13(8)42(36,44)38-2-7-12(33)9(22)18(40-7)31-4-27-10-14(23)25-3-26-15(10)31/h3-9,12-13,18-19,33H,1-2H2,(H6-,23,24,25,26,29,30,34,35,36,43,44)/p+1. The molecule has 18 nitrogen and oxygen atoms in total. The molecule has 2 aliphatic heterocycles. The molecule has 0 radical (unpaired) electrons. The lowest BCUT2D eigenvalue weighted by Gasteiger charge is -2.29. The summed E-state index contributed by atoms with van der Waals surface area (Å²) in [5, 5.41) is 10.6. The monoisotopic (exact) mass is 695 g/mol. The minimum Gasteiger partial charge on any atom is -0.387 e. The number of H-pyrrole nitrogens is 1. The number of alkyl halides is 2. The van der Waals surface area contributed by atoms with E-state index in [1.807, 2.05) is 0 Å². The summed E-state index contributed by atoms with van der Waals surface area (Å²) >= 11 is 9.01. The largest absolute Gasteiger partial charge is 0.582 e. The third-order valence-corrected chi connectivity index (χ3v) is 10.7. The van der Waals surface area contributed by atoms with Crippen molar-refractivity contribution in [1.29, 1.82) is 0 Å². The van der Waals surface area contributed by atoms with Crippen LogP contribution in [0.3, 0.4) is 0 Å². The van der Waals surface area contributed by atoms with Crippen LogP contribution < -0.4 is 17.0 Å². The molecule has 6 heterocycles. The molecule has 2 aliphatic rings. The van der Waals surface area contributed by atoms with Gasteiger partial charge in [0.15, 0.2) is 47.7 Å². The predicted molar refractivity (Wildman–Crippen MR) is 155 cm³/mol. The zero-order valence-corrected chi connectivity index (χ0v) is 25.4. The van der Waals surface area contributed by atoms with Crippen LogP contribution in [0.1, 0.15) is 12.5 Å². The van der Waals surface area contributed by atoms with Crippen molar-refractivity contribution in [2.24, 2.45) is 0 Å². The van der Waals surface area contributed by atoms with Gasteiger partial charge in [-0.3, -0.25) is 18.9 Å². The van der Waals surface area contributed by atoms with Gasteiger partial charge in [-0.25, -0.2) is 28.7 Å². The van der Waals surface area contributed by atoms with E-state index < -0.39 is 81.3 Å². The average molecular weight is 696 g/mol. The predicted octanol–water partition coefficient (Wildman–Crippen LogP) is 0.247. The number of nitrogens with zero attached hydrogens (tertiary/aromatic N) is 7. The highest BCUT2D eigenvalue weighted by atomic mass is 32.7. The molecule has 4 aromatic rings. The summed E-state index contributed by atoms with van der Waals surface area (Å²) in [4.78, 5) is 45.9. The molecule has 44 heavy (non-hydrogen) atoms. The maximum atomic E-state index is 15.9. The number of nitrogens with one attached hydrogen (secondary N) is 1. The van der Waals surface area contributed by atoms with Gasteiger partial charge in [-0.1, -0.05) is 0 Å². The Hall–Kier alpha value is -2.78. The lowest BCUT2D eigenvalue weighted by molar-refractivity contribution is -0.0422. The van der Waals surface area contributed by atoms with Crippen molar-refractivity contribution in [1.82, 2.24) is 39.0 Å². The fourth-order valence-corrected chi connectivity index (χ4v) is 8.01. The van der Waals surface area contributed by atoms with E-state index in [0.29, 0.717) is 0 Å². The Balaban J connectivity index is 1.26. The lowest BCUT2D eigenvalue weighted by atomic mass is 10.1. The van der Waals surface area contributed by atoms with E-state index in [2.05, 4.69) is 42.2 Å². The Bertz CT molecular complexity index is 1850. The smallest absolute Gasteiger partial charge is 0.387 e. The van der Waals surface area contributed by atoms with Gasteiger partial charge in [-0.05, 0) is 16.4 Å². The maximum absolute atomic E-state index is 15.9. The molecule has 24 heteroatoms. The summed E-state index contributed by atoms with van der Waals surface area (Å²) in [7, 11) is -2.44. The summed E-state index contributed by atoms with van der Waals surface area (Å²) < 4.78 is 67.0. The molecule has 4 aromatic heterocycles. The third-order valence-electron chi connectivity index (χ3n) is 7.12. The number of thiol groups is 1. The first kappa shape index (κ1) is 31.2. The van der Waals surface area contributed by atoms with Gasteiger partial charge in [-0.15, -0.1) is 4.52 Å². The van der Waals surface area contributed by atoms with Crippen LogP contribution in [-0.2, 0) is 34.9 Å². The van der Waals surface area contributed by atoms with E-state index in [1.165, 1.54) is 10.9 Å². The van der Waals surface area contributed by atoms with E-state index >= 15 is 8.78 Å². The molecule has 10 atom stereocenters. The highest BCUT2D eigenvalue weighted by Gasteiger charge is 2.55. The zero-order valence-electron chi connectivity index (χ0n) is 21.9. The van der Waals surface area contributed by atoms with Crippen LogP contribution in [0.4, 0.5) is 20.5 Å². The minimum absolute atomic E-state index is 0.0516. The number of aliphatic hydroxyl groups excluding tert-OH is 1. The normalized spacial score (nSPS) is 30.7. The highest BCUT2D eigenvalue weighted by molar-refractivity contribution is 8.39. The molecule has 0 aliphatic carbocycles. The number of imidazole rings is 2. The minimum atomic E-state index is -4.28. The fourth-order valence-electron chi connectivity index (χ4n) is 5.07. The van der Waals surface area contributed by atoms with Crippen molar-refractivity contribution in [2.45, 2.75) is 48.8 Å². The summed E-state index contributed by atoms with van der Waals surface area (Å²) in [6, 6.07) is 0. The number of anilines is 2. The van der Waals surface area contributed by atoms with Crippen molar-refractivity contribution < 1.29 is 41.9 Å². The second-order valence-corrected chi connectivity index (χ2v) is 15.0. The van der Waals surface area contributed by atoms with Gasteiger partial charge in [0.05, 0.1) is 19.3 Å². The van der Waals surface area contributed by atoms with Crippen molar-refractivity contribution in [3.8, 4) is 0 Å². The second kappa shape index (κ2) is 11.9. The van der Waals surface area contributed by atoms with E-state index in [9.17, 15) is 19.4 Å². The molecule has 236 valence electrons. The van der Waals surface area contributed by atoms with Gasteiger partial charge in [0.2, 0.25) is 5.95 Å². The number of nitrogens with two attached hydrogens (primary N) is 2. The van der Waals surface area contributed by atoms with Crippen molar-refractivity contribution in [3.05, 3.63) is 29.3 Å². The van der Waals surface area contributed by atoms with Crippen LogP contribution in [0.25, 0.3) is 22.3 Å². The first-order valence-electron chi connectivity index (χ1n) is 12.6. The van der Waals surface area contributed by atoms with Crippen LogP contribution in [0.5, 0.6) is 0 Å². The number of rotatable bonds is 9. The topological polar surface area (TPSA) is 254 Å². The quantitative estimate of drug-likeness (QED) is 0.101. The SMILES string of the molecule is Nc1nc2c(ncn2C2OC(CO[P+](=O)S)C(F)C2P(O)(=S)OCC2OC(n3cnc4c(N)ncnc43)C(F)C2O)c(=O)[nH]1. The Labute approximate surface area is 255 Å². The number of halogens is 2. The molecule has 0 saturated carbocycles. The van der Waals surface area contributed by atoms with Crippen LogP contribution >= 0.6 is 26.0 Å². The van der Waals surface area contributed by atoms with Gasteiger partial charge < -0.3 is 35.5 Å². The lowest BCUT2D eigenvalue weighted by Crippen LogP contribution is -2.34. The Morgan fingerprint density at radius 2 is 1.75 bits per heavy atom. The maximum Gasteiger partial charge on any atom is 0.582 e. The highest BCUT2D eigenvalue weighted by Crippen LogP contribution is 2.59. The summed E-state index contributed by atoms with van der Waals surface area (Å²) in [6.45, 7) is -5.49. The summed E-state index contributed by atoms with van der Waals surface area (Å²) in [6.07, 6.45) is -8.03. The Morgan fingerprint density at radius 1 is 1.07 bits per heavy atom. The van der Waals surface area contributed by atoms with Gasteiger partial charge in [-0.2, -0.15) is 4.98 Å². The van der Waals surface area contributed by atoms with Crippen molar-refractivity contribution >= 4 is 71.9 Å². The first-order valence-corrected chi connectivity index (χ1v) is 17.6. The number of hydrogen-bond acceptors (Lipinski definition) is 15. The molecule has 10 unspecified atom stereocenters. The fraction of sp³-hybridized carbons (Fsp3) is 0.500. The number of ether oxygens (including phenoxy) is 2. The average Bonchev–Trinajstić information content (AvgIpc) is 3.72. The Kier molecular flexibility index (Phi) is 8.41. The molecule has 7 N–H and O–H groups in total. The second-order valence-electron chi connectivity index (χ2n) is 9.75. The number of aromatic amines is 1. The molecular formula is C20H23F2N10O8P2S2+.